The molecule has 27 heavy (non-hydrogen) atoms. The van der Waals surface area contributed by atoms with Gasteiger partial charge in [0, 0.05) is 42.0 Å². The van der Waals surface area contributed by atoms with Crippen LogP contribution >= 0.6 is 0 Å². The molecule has 1 aromatic carbocycles. The van der Waals surface area contributed by atoms with E-state index in [4.69, 9.17) is 0 Å². The highest BCUT2D eigenvalue weighted by Gasteiger charge is 2.35. The Kier molecular flexibility index (Phi) is 4.81. The lowest BCUT2D eigenvalue weighted by Crippen LogP contribution is -2.05. The van der Waals surface area contributed by atoms with Crippen LogP contribution in [0.25, 0.3) is 11.3 Å². The smallest absolute Gasteiger partial charge is 0.299 e. The van der Waals surface area contributed by atoms with Gasteiger partial charge in [-0.3, -0.25) is 9.56 Å². The van der Waals surface area contributed by atoms with Gasteiger partial charge in [0.1, 0.15) is 5.82 Å². The Balaban J connectivity index is 2.16. The van der Waals surface area contributed by atoms with Gasteiger partial charge in [0.25, 0.3) is 0 Å². The van der Waals surface area contributed by atoms with Crippen molar-refractivity contribution in [3.8, 4) is 5.69 Å². The Bertz CT molecular complexity index is 1060. The molecule has 0 bridgehead atoms. The first-order valence-corrected chi connectivity index (χ1v) is 9.82. The Morgan fingerprint density at radius 2 is 1.81 bits per heavy atom. The monoisotopic (exact) mass is 395 g/mol. The molecule has 0 amide bonds. The summed E-state index contributed by atoms with van der Waals surface area (Å²) in [4.78, 5) is 8.04. The van der Waals surface area contributed by atoms with Crippen molar-refractivity contribution in [2.75, 3.05) is 6.26 Å². The average molecular weight is 395 g/mol. The van der Waals surface area contributed by atoms with Crippen molar-refractivity contribution in [1.29, 1.82) is 0 Å². The van der Waals surface area contributed by atoms with Gasteiger partial charge in [-0.05, 0) is 31.2 Å². The molecule has 0 unspecified atom stereocenters. The zero-order valence-electron chi connectivity index (χ0n) is 14.5. The van der Waals surface area contributed by atoms with E-state index < -0.39 is 21.7 Å². The number of allylic oxidation sites excluding steroid dienone is 3. The van der Waals surface area contributed by atoms with E-state index in [1.807, 2.05) is 6.92 Å². The molecule has 1 aliphatic rings. The zero-order chi connectivity index (χ0) is 19.8. The number of alkyl halides is 3. The van der Waals surface area contributed by atoms with Crippen molar-refractivity contribution < 1.29 is 21.6 Å². The summed E-state index contributed by atoms with van der Waals surface area (Å²) >= 11 is 0. The second kappa shape index (κ2) is 6.80. The van der Waals surface area contributed by atoms with Gasteiger partial charge in [-0.1, -0.05) is 12.2 Å². The van der Waals surface area contributed by atoms with Crippen LogP contribution < -0.4 is 0 Å². The molecular weight excluding hydrogens is 379 g/mol. The summed E-state index contributed by atoms with van der Waals surface area (Å²) in [5, 5.41) is 0. The molecular formula is C18H16F3N3O2S. The van der Waals surface area contributed by atoms with Gasteiger partial charge in [-0.15, -0.1) is 0 Å². The largest absolute Gasteiger partial charge is 0.434 e. The number of benzene rings is 1. The van der Waals surface area contributed by atoms with Crippen LogP contribution in [0.5, 0.6) is 0 Å². The average Bonchev–Trinajstić information content (AvgIpc) is 2.92. The minimum absolute atomic E-state index is 0.0733. The molecule has 0 N–H and O–H groups in total. The van der Waals surface area contributed by atoms with E-state index in [1.54, 1.807) is 12.2 Å². The van der Waals surface area contributed by atoms with Gasteiger partial charge in [-0.2, -0.15) is 13.2 Å². The first kappa shape index (κ1) is 19.1. The number of hydrogen-bond donors (Lipinski definition) is 0. The number of aliphatic imine (C=N–C) groups is 1. The second-order valence-corrected chi connectivity index (χ2v) is 8.15. The lowest BCUT2D eigenvalue weighted by atomic mass is 10.2. The van der Waals surface area contributed by atoms with E-state index in [9.17, 15) is 21.6 Å². The number of nitrogens with zero attached hydrogens (tertiary/aromatic N) is 3. The van der Waals surface area contributed by atoms with Crippen molar-refractivity contribution in [2.24, 2.45) is 4.99 Å². The van der Waals surface area contributed by atoms with Gasteiger partial charge in [0.05, 0.1) is 4.90 Å². The molecule has 0 aliphatic carbocycles. The van der Waals surface area contributed by atoms with Crippen LogP contribution in [0.2, 0.25) is 0 Å². The fourth-order valence-corrected chi connectivity index (χ4v) is 3.17. The van der Waals surface area contributed by atoms with E-state index in [0.29, 0.717) is 17.7 Å². The first-order valence-electron chi connectivity index (χ1n) is 7.93. The molecule has 1 aromatic heterocycles. The summed E-state index contributed by atoms with van der Waals surface area (Å²) in [6.45, 7) is 1.82. The molecule has 0 saturated heterocycles. The van der Waals surface area contributed by atoms with Crippen LogP contribution in [-0.2, 0) is 16.0 Å². The van der Waals surface area contributed by atoms with Gasteiger partial charge < -0.3 is 0 Å². The summed E-state index contributed by atoms with van der Waals surface area (Å²) in [6.07, 6.45) is 2.88. The third-order valence-corrected chi connectivity index (χ3v) is 5.06. The highest BCUT2D eigenvalue weighted by atomic mass is 32.2. The number of sulfone groups is 1. The molecule has 0 atom stereocenters. The lowest BCUT2D eigenvalue weighted by molar-refractivity contribution is -0.140. The highest BCUT2D eigenvalue weighted by Crippen LogP contribution is 2.32. The second-order valence-electron chi connectivity index (χ2n) is 6.14. The molecule has 142 valence electrons. The Hall–Kier alpha value is -2.68. The third kappa shape index (κ3) is 4.19. The third-order valence-electron chi connectivity index (χ3n) is 3.93. The number of halogens is 3. The van der Waals surface area contributed by atoms with Crippen LogP contribution in [0.4, 0.5) is 13.2 Å². The Labute approximate surface area is 154 Å². The van der Waals surface area contributed by atoms with Gasteiger partial charge in [0.15, 0.2) is 15.5 Å². The summed E-state index contributed by atoms with van der Waals surface area (Å²) in [7, 11) is -3.41. The normalized spacial score (nSPS) is 15.3. The van der Waals surface area contributed by atoms with E-state index in [2.05, 4.69) is 9.98 Å². The zero-order valence-corrected chi connectivity index (χ0v) is 15.3. The number of hydrogen-bond acceptors (Lipinski definition) is 4. The predicted octanol–water partition coefficient (Wildman–Crippen LogP) is 4.06. The van der Waals surface area contributed by atoms with Gasteiger partial charge in [0.2, 0.25) is 0 Å². The molecule has 0 fully saturated rings. The SMILES string of the molecule is CC1=NC=C(c2nc(C(F)(F)F)cn2-c2ccc(S(C)(=O)=O)cc2)C=CC1. The maximum Gasteiger partial charge on any atom is 0.434 e. The van der Waals surface area contributed by atoms with E-state index in [-0.39, 0.29) is 10.7 Å². The topological polar surface area (TPSA) is 64.3 Å². The van der Waals surface area contributed by atoms with Crippen LogP contribution in [0.15, 0.2) is 58.7 Å². The number of aromatic nitrogens is 2. The van der Waals surface area contributed by atoms with E-state index in [1.165, 1.54) is 35.0 Å². The molecule has 5 nitrogen and oxygen atoms in total. The molecule has 9 heteroatoms. The maximum atomic E-state index is 13.2. The molecule has 2 heterocycles. The van der Waals surface area contributed by atoms with Gasteiger partial charge >= 0.3 is 6.18 Å². The summed E-state index contributed by atoms with van der Waals surface area (Å²) in [5.74, 6) is 0.0733. The van der Waals surface area contributed by atoms with E-state index in [0.717, 1.165) is 18.2 Å². The van der Waals surface area contributed by atoms with Crippen LogP contribution in [0, 0.1) is 0 Å². The predicted molar refractivity (Wildman–Crippen MR) is 96.5 cm³/mol. The van der Waals surface area contributed by atoms with E-state index >= 15 is 0 Å². The highest BCUT2D eigenvalue weighted by molar-refractivity contribution is 7.90. The summed E-state index contributed by atoms with van der Waals surface area (Å²) in [6, 6.07) is 5.58. The van der Waals surface area contributed by atoms with Gasteiger partial charge in [-0.25, -0.2) is 13.4 Å². The fraction of sp³-hybridized carbons (Fsp3) is 0.222. The van der Waals surface area contributed by atoms with Crippen molar-refractivity contribution >= 4 is 21.1 Å². The lowest BCUT2D eigenvalue weighted by Gasteiger charge is -2.08. The maximum absolute atomic E-state index is 13.2. The van der Waals surface area contributed by atoms with Crippen LogP contribution in [0.1, 0.15) is 24.9 Å². The first-order chi connectivity index (χ1) is 12.6. The quantitative estimate of drug-likeness (QED) is 0.787. The minimum atomic E-state index is -4.61. The molecule has 0 saturated carbocycles. The summed E-state index contributed by atoms with van der Waals surface area (Å²) < 4.78 is 64.1. The Morgan fingerprint density at radius 1 is 1.15 bits per heavy atom. The number of imidazole rings is 1. The molecule has 0 radical (unpaired) electrons. The van der Waals surface area contributed by atoms with Crippen molar-refractivity contribution in [1.82, 2.24) is 9.55 Å². The van der Waals surface area contributed by atoms with Crippen LogP contribution in [0.3, 0.4) is 0 Å². The molecule has 1 aliphatic heterocycles. The summed E-state index contributed by atoms with van der Waals surface area (Å²) in [5.41, 5.74) is 0.575. The Morgan fingerprint density at radius 3 is 2.41 bits per heavy atom. The van der Waals surface area contributed by atoms with Crippen molar-refractivity contribution in [3.05, 3.63) is 60.3 Å². The molecule has 3 rings (SSSR count). The molecule has 2 aromatic rings. The minimum Gasteiger partial charge on any atom is -0.299 e. The fourth-order valence-electron chi connectivity index (χ4n) is 2.54. The van der Waals surface area contributed by atoms with Crippen LogP contribution in [-0.4, -0.2) is 29.9 Å². The van der Waals surface area contributed by atoms with Crippen molar-refractivity contribution in [3.63, 3.8) is 0 Å². The number of rotatable bonds is 3. The molecule has 0 spiro atoms. The van der Waals surface area contributed by atoms with Crippen molar-refractivity contribution in [2.45, 2.75) is 24.4 Å². The standard InChI is InChI=1S/C18H16F3N3O2S/c1-12-4-3-5-13(10-22-12)17-23-16(18(19,20)21)11-24(17)14-6-8-15(9-7-14)27(2,25)26/h3,5-11H,4H2,1-2H3.